The predicted molar refractivity (Wildman–Crippen MR) is 165 cm³/mol. The van der Waals surface area contributed by atoms with Gasteiger partial charge in [-0.05, 0) is 60.9 Å². The Morgan fingerprint density at radius 1 is 0.833 bits per heavy atom. The van der Waals surface area contributed by atoms with Crippen molar-refractivity contribution in [3.63, 3.8) is 0 Å². The van der Waals surface area contributed by atoms with Crippen LogP contribution in [0.3, 0.4) is 0 Å². The number of aromatic nitrogens is 2. The molecule has 1 atom stereocenters. The largest absolute Gasteiger partial charge is 0.497 e. The van der Waals surface area contributed by atoms with E-state index in [0.29, 0.717) is 47.7 Å². The molecule has 0 spiro atoms. The summed E-state index contributed by atoms with van der Waals surface area (Å²) in [4.78, 5) is 35.5. The van der Waals surface area contributed by atoms with Crippen molar-refractivity contribution in [1.82, 2.24) is 14.5 Å². The maximum absolute atomic E-state index is 14.7. The van der Waals surface area contributed by atoms with Crippen molar-refractivity contribution in [2.45, 2.75) is 25.3 Å². The number of methoxy groups -OCH3 is 2. The molecule has 0 aliphatic heterocycles. The highest BCUT2D eigenvalue weighted by atomic mass is 16.5. The monoisotopic (exact) mass is 561 g/mol. The van der Waals surface area contributed by atoms with E-state index in [2.05, 4.69) is 0 Å². The number of hydrogen-bond donors (Lipinski definition) is 0. The first kappa shape index (κ1) is 28.8. The lowest BCUT2D eigenvalue weighted by Crippen LogP contribution is -2.41. The molecule has 0 saturated carbocycles. The number of ether oxygens (including phenoxy) is 2. The highest BCUT2D eigenvalue weighted by Crippen LogP contribution is 2.32. The van der Waals surface area contributed by atoms with E-state index in [1.54, 1.807) is 24.9 Å². The summed E-state index contributed by atoms with van der Waals surface area (Å²) in [5.41, 5.74) is 2.84. The predicted octanol–water partition coefficient (Wildman–Crippen LogP) is 6.15. The summed E-state index contributed by atoms with van der Waals surface area (Å²) < 4.78 is 12.3. The third kappa shape index (κ3) is 5.97. The van der Waals surface area contributed by atoms with Gasteiger partial charge >= 0.3 is 0 Å². The Bertz CT molecular complexity index is 1650. The molecule has 5 rings (SSSR count). The molecule has 0 N–H and O–H groups in total. The minimum absolute atomic E-state index is 0.0697. The lowest BCUT2D eigenvalue weighted by molar-refractivity contribution is -0.134. The Hall–Kier alpha value is -4.75. The van der Waals surface area contributed by atoms with Crippen LogP contribution < -0.4 is 10.3 Å². The van der Waals surface area contributed by atoms with Crippen molar-refractivity contribution in [2.24, 2.45) is 0 Å². The first-order chi connectivity index (χ1) is 20.5. The smallest absolute Gasteiger partial charge is 0.266 e. The molecule has 1 unspecified atom stereocenters. The van der Waals surface area contributed by atoms with Crippen molar-refractivity contribution >= 4 is 16.8 Å². The number of amides is 1. The van der Waals surface area contributed by atoms with Crippen molar-refractivity contribution in [3.8, 4) is 11.4 Å². The quantitative estimate of drug-likeness (QED) is 0.181. The maximum Gasteiger partial charge on any atom is 0.266 e. The Labute approximate surface area is 246 Å². The topological polar surface area (TPSA) is 73.7 Å². The number of para-hydroxylation sites is 1. The van der Waals surface area contributed by atoms with Crippen LogP contribution in [0.2, 0.25) is 0 Å². The molecule has 1 aromatic heterocycles. The molecule has 4 aromatic carbocycles. The lowest BCUT2D eigenvalue weighted by atomic mass is 9.89. The van der Waals surface area contributed by atoms with E-state index in [0.717, 1.165) is 11.1 Å². The molecule has 7 heteroatoms. The second-order valence-corrected chi connectivity index (χ2v) is 10.1. The first-order valence-electron chi connectivity index (χ1n) is 14.1. The van der Waals surface area contributed by atoms with Gasteiger partial charge in [0.25, 0.3) is 5.56 Å². The summed E-state index contributed by atoms with van der Waals surface area (Å²) in [6.45, 7) is 2.86. The summed E-state index contributed by atoms with van der Waals surface area (Å²) in [5.74, 6) is 0.563. The van der Waals surface area contributed by atoms with Crippen LogP contribution in [0.4, 0.5) is 0 Å². The Kier molecular flexibility index (Phi) is 9.09. The van der Waals surface area contributed by atoms with Crippen molar-refractivity contribution in [1.29, 1.82) is 0 Å². The molecule has 7 nitrogen and oxygen atoms in total. The average molecular weight is 562 g/mol. The summed E-state index contributed by atoms with van der Waals surface area (Å²) in [7, 11) is 3.25. The van der Waals surface area contributed by atoms with Crippen LogP contribution >= 0.6 is 0 Å². The van der Waals surface area contributed by atoms with Gasteiger partial charge in [0.2, 0.25) is 5.91 Å². The SMILES string of the molecule is COCCCN(C(=O)C(c1ccccc1)c1ccccc1)C(C)c1nc2ccccc2c(=O)n1-c1ccc(OC)cc1. The van der Waals surface area contributed by atoms with Crippen LogP contribution in [-0.2, 0) is 9.53 Å². The molecular weight excluding hydrogens is 526 g/mol. The zero-order chi connectivity index (χ0) is 29.5. The van der Waals surface area contributed by atoms with Crippen LogP contribution in [0.5, 0.6) is 5.75 Å². The van der Waals surface area contributed by atoms with Gasteiger partial charge in [-0.15, -0.1) is 0 Å². The number of carbonyl (C=O) groups excluding carboxylic acids is 1. The number of carbonyl (C=O) groups is 1. The number of benzene rings is 4. The third-order valence-electron chi connectivity index (χ3n) is 7.52. The van der Waals surface area contributed by atoms with Gasteiger partial charge in [0.1, 0.15) is 11.6 Å². The van der Waals surface area contributed by atoms with Gasteiger partial charge in [0, 0.05) is 20.3 Å². The van der Waals surface area contributed by atoms with Crippen LogP contribution in [0.15, 0.2) is 114 Å². The fraction of sp³-hybridized carbons (Fsp3) is 0.229. The molecule has 0 radical (unpaired) electrons. The van der Waals surface area contributed by atoms with Gasteiger partial charge in [0.15, 0.2) is 0 Å². The van der Waals surface area contributed by atoms with E-state index >= 15 is 0 Å². The summed E-state index contributed by atoms with van der Waals surface area (Å²) >= 11 is 0. The van der Waals surface area contributed by atoms with Gasteiger partial charge in [-0.2, -0.15) is 0 Å². The Morgan fingerprint density at radius 2 is 1.43 bits per heavy atom. The molecule has 0 aliphatic rings. The Morgan fingerprint density at radius 3 is 2.02 bits per heavy atom. The van der Waals surface area contributed by atoms with Crippen LogP contribution in [0.1, 0.15) is 42.3 Å². The molecule has 214 valence electrons. The normalized spacial score (nSPS) is 11.9. The van der Waals surface area contributed by atoms with Crippen molar-refractivity contribution < 1.29 is 14.3 Å². The van der Waals surface area contributed by atoms with Gasteiger partial charge < -0.3 is 14.4 Å². The van der Waals surface area contributed by atoms with Crippen LogP contribution in [0.25, 0.3) is 16.6 Å². The number of hydrogen-bond acceptors (Lipinski definition) is 5. The number of rotatable bonds is 11. The minimum Gasteiger partial charge on any atom is -0.497 e. The van der Waals surface area contributed by atoms with E-state index < -0.39 is 12.0 Å². The van der Waals surface area contributed by atoms with Crippen LogP contribution in [-0.4, -0.2) is 47.7 Å². The fourth-order valence-electron chi connectivity index (χ4n) is 5.36. The molecule has 5 aromatic rings. The minimum atomic E-state index is -0.538. The van der Waals surface area contributed by atoms with E-state index in [4.69, 9.17) is 14.5 Å². The number of nitrogens with zero attached hydrogens (tertiary/aromatic N) is 3. The molecule has 1 heterocycles. The maximum atomic E-state index is 14.7. The van der Waals surface area contributed by atoms with E-state index in [1.165, 1.54) is 0 Å². The highest BCUT2D eigenvalue weighted by molar-refractivity contribution is 5.87. The van der Waals surface area contributed by atoms with Gasteiger partial charge in [0.05, 0.1) is 35.7 Å². The van der Waals surface area contributed by atoms with Crippen molar-refractivity contribution in [2.75, 3.05) is 27.4 Å². The molecule has 0 saturated heterocycles. The molecule has 1 amide bonds. The third-order valence-corrected chi connectivity index (χ3v) is 7.52. The lowest BCUT2D eigenvalue weighted by Gasteiger charge is -2.34. The van der Waals surface area contributed by atoms with Gasteiger partial charge in [-0.25, -0.2) is 4.98 Å². The Balaban J connectivity index is 1.67. The molecule has 0 aliphatic carbocycles. The average Bonchev–Trinajstić information content (AvgIpc) is 3.04. The zero-order valence-corrected chi connectivity index (χ0v) is 24.1. The first-order valence-corrected chi connectivity index (χ1v) is 14.1. The molecule has 42 heavy (non-hydrogen) atoms. The molecule has 0 bridgehead atoms. The standard InChI is InChI=1S/C35H35N3O4/c1-25(33-36-31-18-11-10-17-30(31)34(39)38(33)28-19-21-29(42-3)22-20-28)37(23-12-24-41-2)35(40)32(26-13-6-4-7-14-26)27-15-8-5-9-16-27/h4-11,13-22,25,32H,12,23-24H2,1-3H3. The second kappa shape index (κ2) is 13.3. The van der Waals surface area contributed by atoms with Gasteiger partial charge in [-0.3, -0.25) is 14.2 Å². The fourth-order valence-corrected chi connectivity index (χ4v) is 5.36. The zero-order valence-electron chi connectivity index (χ0n) is 24.1. The second-order valence-electron chi connectivity index (χ2n) is 10.1. The molecule has 0 fully saturated rings. The number of fused-ring (bicyclic) bond motifs is 1. The summed E-state index contributed by atoms with van der Waals surface area (Å²) in [6.07, 6.45) is 0.628. The van der Waals surface area contributed by atoms with Gasteiger partial charge in [-0.1, -0.05) is 72.8 Å². The van der Waals surface area contributed by atoms with E-state index in [-0.39, 0.29) is 11.5 Å². The summed E-state index contributed by atoms with van der Waals surface area (Å²) in [6, 6.07) is 33.7. The highest BCUT2D eigenvalue weighted by Gasteiger charge is 2.33. The van der Waals surface area contributed by atoms with E-state index in [1.807, 2.05) is 115 Å². The van der Waals surface area contributed by atoms with Crippen LogP contribution in [0, 0.1) is 0 Å². The molecular formula is C35H35N3O4. The van der Waals surface area contributed by atoms with E-state index in [9.17, 15) is 9.59 Å². The summed E-state index contributed by atoms with van der Waals surface area (Å²) in [5, 5.41) is 0.507. The van der Waals surface area contributed by atoms with Crippen molar-refractivity contribution in [3.05, 3.63) is 136 Å².